The Hall–Kier alpha value is -2.12. The molecule has 128 valence electrons. The Labute approximate surface area is 135 Å². The monoisotopic (exact) mass is 339 g/mol. The van der Waals surface area contributed by atoms with Crippen LogP contribution in [0.25, 0.3) is 11.4 Å². The largest absolute Gasteiger partial charge is 0.431 e. The molecular weight excluding hydrogens is 323 g/mol. The Balaban J connectivity index is 1.67. The summed E-state index contributed by atoms with van der Waals surface area (Å²) in [4.78, 5) is 18.1. The van der Waals surface area contributed by atoms with Crippen molar-refractivity contribution >= 4 is 0 Å². The van der Waals surface area contributed by atoms with Crippen molar-refractivity contribution in [3.8, 4) is 11.4 Å². The molecule has 5 nitrogen and oxygen atoms in total. The molecule has 0 saturated heterocycles. The van der Waals surface area contributed by atoms with Crippen LogP contribution in [0.5, 0.6) is 0 Å². The van der Waals surface area contributed by atoms with Crippen molar-refractivity contribution in [3.05, 3.63) is 34.1 Å². The van der Waals surface area contributed by atoms with Gasteiger partial charge in [0.25, 0.3) is 5.56 Å². The molecule has 0 unspecified atom stereocenters. The molecule has 2 aliphatic carbocycles. The number of alkyl halides is 3. The maximum absolute atomic E-state index is 12.6. The highest BCUT2D eigenvalue weighted by atomic mass is 19.4. The molecule has 24 heavy (non-hydrogen) atoms. The third-order valence-corrected chi connectivity index (χ3v) is 5.44. The van der Waals surface area contributed by atoms with Crippen LogP contribution in [0.2, 0.25) is 0 Å². The lowest BCUT2D eigenvalue weighted by Crippen LogP contribution is -2.45. The summed E-state index contributed by atoms with van der Waals surface area (Å²) in [6.45, 7) is 0. The molecule has 2 aromatic rings. The van der Waals surface area contributed by atoms with Crippen molar-refractivity contribution in [2.45, 2.75) is 50.1 Å². The van der Waals surface area contributed by atoms with Gasteiger partial charge in [-0.2, -0.15) is 18.2 Å². The molecule has 0 radical (unpaired) electrons. The Morgan fingerprint density at radius 3 is 2.46 bits per heavy atom. The van der Waals surface area contributed by atoms with Crippen molar-refractivity contribution in [1.82, 2.24) is 15.1 Å². The molecule has 0 bridgehead atoms. The average Bonchev–Trinajstić information content (AvgIpc) is 2.88. The van der Waals surface area contributed by atoms with Crippen LogP contribution in [0.3, 0.4) is 0 Å². The van der Waals surface area contributed by atoms with Gasteiger partial charge >= 0.3 is 6.18 Å². The number of rotatable bonds is 3. The van der Waals surface area contributed by atoms with E-state index in [1.807, 2.05) is 4.98 Å². The summed E-state index contributed by atoms with van der Waals surface area (Å²) in [6, 6.07) is 1.91. The van der Waals surface area contributed by atoms with Crippen LogP contribution in [-0.2, 0) is 11.6 Å². The van der Waals surface area contributed by atoms with E-state index < -0.39 is 17.4 Å². The molecular formula is C16H16F3N3O2. The van der Waals surface area contributed by atoms with E-state index in [1.165, 1.54) is 6.42 Å². The second-order valence-electron chi connectivity index (χ2n) is 6.67. The van der Waals surface area contributed by atoms with E-state index in [2.05, 4.69) is 10.1 Å². The first-order chi connectivity index (χ1) is 11.4. The summed E-state index contributed by atoms with van der Waals surface area (Å²) in [5, 5.41) is 3.84. The van der Waals surface area contributed by atoms with Gasteiger partial charge in [-0.1, -0.05) is 18.0 Å². The molecule has 0 aliphatic heterocycles. The molecule has 0 aromatic carbocycles. The number of halogens is 3. The summed E-state index contributed by atoms with van der Waals surface area (Å²) < 4.78 is 43.3. The topological polar surface area (TPSA) is 71.8 Å². The third-order valence-electron chi connectivity index (χ3n) is 5.44. The first-order valence-corrected chi connectivity index (χ1v) is 8.05. The number of nitrogens with zero attached hydrogens (tertiary/aromatic N) is 2. The van der Waals surface area contributed by atoms with Crippen molar-refractivity contribution in [2.75, 3.05) is 0 Å². The van der Waals surface area contributed by atoms with Gasteiger partial charge in [0.1, 0.15) is 5.69 Å². The van der Waals surface area contributed by atoms with E-state index in [1.54, 1.807) is 0 Å². The zero-order valence-electron chi connectivity index (χ0n) is 12.8. The SMILES string of the molecule is O=c1[nH]c(C(F)(F)F)ccc1-c1noc(C2(C3CCC3)CCC2)n1. The molecule has 2 saturated carbocycles. The maximum atomic E-state index is 12.6. The highest BCUT2D eigenvalue weighted by molar-refractivity contribution is 5.53. The molecule has 1 N–H and O–H groups in total. The normalized spacial score (nSPS) is 20.5. The van der Waals surface area contributed by atoms with E-state index >= 15 is 0 Å². The third kappa shape index (κ3) is 2.27. The summed E-state index contributed by atoms with van der Waals surface area (Å²) in [7, 11) is 0. The van der Waals surface area contributed by atoms with Crippen LogP contribution < -0.4 is 5.56 Å². The van der Waals surface area contributed by atoms with Crippen LogP contribution in [0.1, 0.15) is 50.1 Å². The Bertz CT molecular complexity index is 816. The molecule has 8 heteroatoms. The van der Waals surface area contributed by atoms with Gasteiger partial charge in [0.05, 0.1) is 11.0 Å². The maximum Gasteiger partial charge on any atom is 0.431 e. The predicted molar refractivity (Wildman–Crippen MR) is 78.2 cm³/mol. The zero-order chi connectivity index (χ0) is 16.9. The minimum absolute atomic E-state index is 0.0129. The molecule has 0 amide bonds. The van der Waals surface area contributed by atoms with E-state index in [9.17, 15) is 18.0 Å². The van der Waals surface area contributed by atoms with Crippen LogP contribution in [0.4, 0.5) is 13.2 Å². The zero-order valence-corrected chi connectivity index (χ0v) is 12.8. The van der Waals surface area contributed by atoms with Gasteiger partial charge in [-0.25, -0.2) is 0 Å². The van der Waals surface area contributed by atoms with Crippen LogP contribution in [0, 0.1) is 5.92 Å². The summed E-state index contributed by atoms with van der Waals surface area (Å²) in [6.07, 6.45) is 1.96. The number of hydrogen-bond acceptors (Lipinski definition) is 4. The number of aromatic amines is 1. The first kappa shape index (κ1) is 15.4. The smallest absolute Gasteiger partial charge is 0.338 e. The van der Waals surface area contributed by atoms with Crippen molar-refractivity contribution in [3.63, 3.8) is 0 Å². The Morgan fingerprint density at radius 1 is 1.21 bits per heavy atom. The number of aromatic nitrogens is 3. The lowest BCUT2D eigenvalue weighted by molar-refractivity contribution is -0.141. The lowest BCUT2D eigenvalue weighted by atomic mass is 9.55. The Morgan fingerprint density at radius 2 is 1.96 bits per heavy atom. The molecule has 2 heterocycles. The van der Waals surface area contributed by atoms with Gasteiger partial charge in [0.2, 0.25) is 11.7 Å². The summed E-state index contributed by atoms with van der Waals surface area (Å²) in [5.74, 6) is 1.10. The Kier molecular flexibility index (Phi) is 3.33. The number of pyridine rings is 1. The van der Waals surface area contributed by atoms with Gasteiger partial charge in [-0.05, 0) is 43.7 Å². The quantitative estimate of drug-likeness (QED) is 0.926. The molecule has 2 aromatic heterocycles. The first-order valence-electron chi connectivity index (χ1n) is 8.05. The fourth-order valence-electron chi connectivity index (χ4n) is 3.67. The van der Waals surface area contributed by atoms with Crippen molar-refractivity contribution < 1.29 is 17.7 Å². The van der Waals surface area contributed by atoms with Gasteiger partial charge in [-0.15, -0.1) is 0 Å². The number of hydrogen-bond donors (Lipinski definition) is 1. The molecule has 4 rings (SSSR count). The van der Waals surface area contributed by atoms with E-state index in [0.717, 1.165) is 44.2 Å². The van der Waals surface area contributed by atoms with Gasteiger partial charge in [0, 0.05) is 0 Å². The van der Waals surface area contributed by atoms with E-state index in [-0.39, 0.29) is 16.8 Å². The lowest BCUT2D eigenvalue weighted by Gasteiger charge is -2.48. The van der Waals surface area contributed by atoms with Gasteiger partial charge < -0.3 is 9.51 Å². The molecule has 0 spiro atoms. The second kappa shape index (κ2) is 5.19. The highest BCUT2D eigenvalue weighted by Gasteiger charge is 2.51. The number of nitrogens with one attached hydrogen (secondary N) is 1. The fraction of sp³-hybridized carbons (Fsp3) is 0.562. The van der Waals surface area contributed by atoms with Crippen LogP contribution >= 0.6 is 0 Å². The highest BCUT2D eigenvalue weighted by Crippen LogP contribution is 2.55. The fourth-order valence-corrected chi connectivity index (χ4v) is 3.67. The minimum atomic E-state index is -4.60. The van der Waals surface area contributed by atoms with E-state index in [0.29, 0.717) is 11.8 Å². The van der Waals surface area contributed by atoms with Crippen molar-refractivity contribution in [1.29, 1.82) is 0 Å². The van der Waals surface area contributed by atoms with Gasteiger partial charge in [-0.3, -0.25) is 4.79 Å². The van der Waals surface area contributed by atoms with Crippen molar-refractivity contribution in [2.24, 2.45) is 5.92 Å². The predicted octanol–water partition coefficient (Wildman–Crippen LogP) is 3.67. The van der Waals surface area contributed by atoms with E-state index in [4.69, 9.17) is 4.52 Å². The van der Waals surface area contributed by atoms with Crippen LogP contribution in [-0.4, -0.2) is 15.1 Å². The average molecular weight is 339 g/mol. The minimum Gasteiger partial charge on any atom is -0.338 e. The second-order valence-corrected chi connectivity index (χ2v) is 6.67. The van der Waals surface area contributed by atoms with Gasteiger partial charge in [0.15, 0.2) is 0 Å². The summed E-state index contributed by atoms with van der Waals surface area (Å²) in [5.41, 5.74) is -2.07. The van der Waals surface area contributed by atoms with Crippen LogP contribution in [0.15, 0.2) is 21.5 Å². The standard InChI is InChI=1S/C16H16F3N3O2/c17-16(18,19)11-6-5-10(13(23)20-11)12-21-14(24-22-12)15(7-2-8-15)9-3-1-4-9/h5-6,9H,1-4,7-8H2,(H,20,23). The molecule has 2 aliphatic rings. The molecule has 2 fully saturated rings. The number of H-pyrrole nitrogens is 1. The summed E-state index contributed by atoms with van der Waals surface area (Å²) >= 11 is 0. The molecule has 0 atom stereocenters.